The Morgan fingerprint density at radius 3 is 2.50 bits per heavy atom. The highest BCUT2D eigenvalue weighted by Crippen LogP contribution is 2.20. The second-order valence-electron chi connectivity index (χ2n) is 3.48. The van der Waals surface area contributed by atoms with Crippen LogP contribution in [0.3, 0.4) is 0 Å². The normalized spacial score (nSPS) is 23.4. The standard InChI is InChI=1S/C9H14N2O3/c1-5-14-9(13)7-6(2)10-11(3,4)8(7)12/h5H2,1-4H3. The lowest BCUT2D eigenvalue weighted by atomic mass is 10.2. The zero-order valence-electron chi connectivity index (χ0n) is 8.83. The third kappa shape index (κ3) is 1.63. The summed E-state index contributed by atoms with van der Waals surface area (Å²) in [6.45, 7) is 3.60. The molecule has 1 heterocycles. The van der Waals surface area contributed by atoms with E-state index < -0.39 is 5.95 Å². The molecule has 0 saturated carbocycles. The summed E-state index contributed by atoms with van der Waals surface area (Å²) in [5, 5.41) is 15.4. The molecular weight excluding hydrogens is 184 g/mol. The van der Waals surface area contributed by atoms with Gasteiger partial charge in [0.1, 0.15) is 25.4 Å². The largest absolute Gasteiger partial charge is 0.613 e. The number of amides is 1. The van der Waals surface area contributed by atoms with Crippen molar-refractivity contribution in [3.8, 4) is 0 Å². The predicted octanol–water partition coefficient (Wildman–Crippen LogP) is -0.413. The number of rotatable bonds is 2. The first-order chi connectivity index (χ1) is 6.40. The van der Waals surface area contributed by atoms with Crippen LogP contribution in [0.2, 0.25) is 0 Å². The molecule has 0 N–H and O–H groups in total. The Morgan fingerprint density at radius 1 is 1.57 bits per heavy atom. The smallest absolute Gasteiger partial charge is 0.375 e. The molecule has 78 valence electrons. The first-order valence-corrected chi connectivity index (χ1v) is 4.40. The van der Waals surface area contributed by atoms with E-state index in [4.69, 9.17) is 4.74 Å². The topological polar surface area (TPSA) is 61.7 Å². The Labute approximate surface area is 82.9 Å². The highest BCUT2D eigenvalue weighted by molar-refractivity contribution is 6.20. The number of ether oxygens (including phenoxy) is 1. The van der Waals surface area contributed by atoms with Crippen molar-refractivity contribution in [3.05, 3.63) is 11.5 Å². The van der Waals surface area contributed by atoms with Gasteiger partial charge in [0.05, 0.1) is 5.95 Å². The monoisotopic (exact) mass is 198 g/mol. The van der Waals surface area contributed by atoms with Crippen LogP contribution in [0, 0.1) is 0 Å². The van der Waals surface area contributed by atoms with E-state index in [9.17, 15) is 9.90 Å². The fourth-order valence-corrected chi connectivity index (χ4v) is 1.34. The van der Waals surface area contributed by atoms with Gasteiger partial charge in [-0.2, -0.15) is 0 Å². The number of carbonyl (C=O) groups excluding carboxylic acids is 1. The fraction of sp³-hybridized carbons (Fsp3) is 0.556. The minimum atomic E-state index is -0.581. The highest BCUT2D eigenvalue weighted by atomic mass is 16.6. The Hall–Kier alpha value is -1.36. The summed E-state index contributed by atoms with van der Waals surface area (Å²) < 4.78 is 4.61. The number of likely N-dealkylation sites (N-methyl/N-ethyl adjacent to an activating group) is 1. The van der Waals surface area contributed by atoms with Crippen molar-refractivity contribution in [3.63, 3.8) is 0 Å². The van der Waals surface area contributed by atoms with Crippen LogP contribution in [0.25, 0.3) is 0 Å². The molecule has 1 aliphatic rings. The minimum Gasteiger partial charge on any atom is -0.613 e. The van der Waals surface area contributed by atoms with E-state index in [0.29, 0.717) is 5.71 Å². The summed E-state index contributed by atoms with van der Waals surface area (Å²) in [6, 6.07) is 0. The van der Waals surface area contributed by atoms with E-state index in [-0.39, 0.29) is 22.7 Å². The zero-order chi connectivity index (χ0) is 10.9. The third-order valence-corrected chi connectivity index (χ3v) is 1.95. The highest BCUT2D eigenvalue weighted by Gasteiger charge is 2.40. The molecule has 0 bridgehead atoms. The second kappa shape index (κ2) is 3.42. The quantitative estimate of drug-likeness (QED) is 0.344. The Bertz CT molecular complexity index is 329. The van der Waals surface area contributed by atoms with Gasteiger partial charge in [-0.3, -0.25) is 0 Å². The van der Waals surface area contributed by atoms with Crippen LogP contribution < -0.4 is 5.11 Å². The summed E-state index contributed by atoms with van der Waals surface area (Å²) in [5.74, 6) is -0.900. The molecular formula is C9H14N2O3. The van der Waals surface area contributed by atoms with Crippen LogP contribution in [-0.4, -0.2) is 36.9 Å². The van der Waals surface area contributed by atoms with E-state index in [1.54, 1.807) is 27.9 Å². The molecule has 0 aromatic heterocycles. The first-order valence-electron chi connectivity index (χ1n) is 4.40. The van der Waals surface area contributed by atoms with Gasteiger partial charge >= 0.3 is 5.91 Å². The van der Waals surface area contributed by atoms with Crippen molar-refractivity contribution in [2.45, 2.75) is 13.8 Å². The summed E-state index contributed by atoms with van der Waals surface area (Å²) in [6.07, 6.45) is 0. The molecule has 0 saturated heterocycles. The van der Waals surface area contributed by atoms with Gasteiger partial charge in [-0.15, -0.1) is 4.59 Å². The van der Waals surface area contributed by atoms with Gasteiger partial charge in [0.2, 0.25) is 0 Å². The van der Waals surface area contributed by atoms with Crippen LogP contribution in [0.1, 0.15) is 13.8 Å². The van der Waals surface area contributed by atoms with Crippen LogP contribution in [0.5, 0.6) is 0 Å². The number of hydrogen-bond donors (Lipinski definition) is 0. The molecule has 1 rings (SSSR count). The molecule has 5 heteroatoms. The van der Waals surface area contributed by atoms with E-state index in [2.05, 4.69) is 5.10 Å². The lowest BCUT2D eigenvalue weighted by Crippen LogP contribution is -2.37. The summed E-state index contributed by atoms with van der Waals surface area (Å²) in [7, 11) is 3.25. The van der Waals surface area contributed by atoms with Crippen molar-refractivity contribution in [2.75, 3.05) is 20.7 Å². The van der Waals surface area contributed by atoms with Crippen molar-refractivity contribution in [1.29, 1.82) is 0 Å². The predicted molar refractivity (Wildman–Crippen MR) is 48.9 cm³/mol. The van der Waals surface area contributed by atoms with Gasteiger partial charge in [0, 0.05) is 0 Å². The lowest BCUT2D eigenvalue weighted by molar-refractivity contribution is -0.815. The zero-order valence-corrected chi connectivity index (χ0v) is 8.83. The maximum absolute atomic E-state index is 11.7. The van der Waals surface area contributed by atoms with Crippen molar-refractivity contribution in [1.82, 2.24) is 0 Å². The van der Waals surface area contributed by atoms with E-state index in [0.717, 1.165) is 0 Å². The average molecular weight is 198 g/mol. The number of hydrogen-bond acceptors (Lipinski definition) is 4. The van der Waals surface area contributed by atoms with Crippen LogP contribution >= 0.6 is 0 Å². The Kier molecular flexibility index (Phi) is 2.62. The Balaban J connectivity index is 3.11. The molecule has 0 aliphatic carbocycles. The van der Waals surface area contributed by atoms with Gasteiger partial charge in [0.15, 0.2) is 0 Å². The summed E-state index contributed by atoms with van der Waals surface area (Å²) in [4.78, 5) is 11.7. The van der Waals surface area contributed by atoms with E-state index >= 15 is 0 Å². The van der Waals surface area contributed by atoms with Crippen molar-refractivity contribution in [2.24, 2.45) is 5.10 Å². The summed E-state index contributed by atoms with van der Waals surface area (Å²) >= 11 is 0. The molecule has 0 radical (unpaired) electrons. The van der Waals surface area contributed by atoms with Gasteiger partial charge < -0.3 is 9.84 Å². The van der Waals surface area contributed by atoms with E-state index in [1.807, 2.05) is 0 Å². The maximum atomic E-state index is 11.7. The SMILES string of the molecule is CCO/C([O-])=C1/C(=O)[N+](C)(C)N=C1C. The fourth-order valence-electron chi connectivity index (χ4n) is 1.34. The molecule has 0 unspecified atom stereocenters. The van der Waals surface area contributed by atoms with Crippen LogP contribution in [0.15, 0.2) is 16.6 Å². The average Bonchev–Trinajstić information content (AvgIpc) is 2.22. The van der Waals surface area contributed by atoms with Gasteiger partial charge in [-0.1, -0.05) is 12.0 Å². The minimum absolute atomic E-state index is 0.0665. The molecule has 0 atom stereocenters. The molecule has 1 aliphatic heterocycles. The molecule has 0 spiro atoms. The second-order valence-corrected chi connectivity index (χ2v) is 3.48. The summed E-state index contributed by atoms with van der Waals surface area (Å²) in [5.41, 5.74) is 0.510. The van der Waals surface area contributed by atoms with Crippen LogP contribution in [0.4, 0.5) is 0 Å². The molecule has 14 heavy (non-hydrogen) atoms. The van der Waals surface area contributed by atoms with Crippen molar-refractivity contribution >= 4 is 11.6 Å². The molecule has 0 aromatic carbocycles. The molecule has 1 amide bonds. The van der Waals surface area contributed by atoms with Gasteiger partial charge in [-0.05, 0) is 13.5 Å². The van der Waals surface area contributed by atoms with Crippen molar-refractivity contribution < 1.29 is 19.2 Å². The van der Waals surface area contributed by atoms with E-state index in [1.165, 1.54) is 0 Å². The van der Waals surface area contributed by atoms with Gasteiger partial charge in [0.25, 0.3) is 0 Å². The third-order valence-electron chi connectivity index (χ3n) is 1.95. The maximum Gasteiger partial charge on any atom is 0.375 e. The van der Waals surface area contributed by atoms with Crippen LogP contribution in [-0.2, 0) is 9.53 Å². The lowest BCUT2D eigenvalue weighted by Gasteiger charge is -2.16. The number of quaternary nitrogens is 1. The number of nitrogens with zero attached hydrogens (tertiary/aromatic N) is 2. The number of carbonyl (C=O) groups is 1. The van der Waals surface area contributed by atoms with Gasteiger partial charge in [-0.25, -0.2) is 4.79 Å². The molecule has 0 fully saturated rings. The molecule has 0 aromatic rings. The molecule has 5 nitrogen and oxygen atoms in total. The Morgan fingerprint density at radius 2 is 2.14 bits per heavy atom. The first kappa shape index (κ1) is 10.7.